The summed E-state index contributed by atoms with van der Waals surface area (Å²) < 4.78 is 344. The summed E-state index contributed by atoms with van der Waals surface area (Å²) in [6.45, 7) is 0. The Hall–Kier alpha value is -8.53. The predicted octanol–water partition coefficient (Wildman–Crippen LogP) is 15.8. The van der Waals surface area contributed by atoms with Gasteiger partial charge in [-0.1, -0.05) is 0 Å². The quantitative estimate of drug-likeness (QED) is 0.0554. The molecule has 24 heteroatoms. The minimum atomic E-state index is -5.90. The van der Waals surface area contributed by atoms with Crippen molar-refractivity contribution in [3.05, 3.63) is 339 Å². The van der Waals surface area contributed by atoms with E-state index in [2.05, 4.69) is 0 Å². The van der Waals surface area contributed by atoms with Crippen molar-refractivity contribution < 1.29 is 87.8 Å². The summed E-state index contributed by atoms with van der Waals surface area (Å²) in [6.07, 6.45) is -11.0. The Morgan fingerprint density at radius 3 is 0.511 bits per heavy atom. The van der Waals surface area contributed by atoms with Crippen molar-refractivity contribution in [1.82, 2.24) is 0 Å². The van der Waals surface area contributed by atoms with Gasteiger partial charge < -0.3 is 0 Å². The summed E-state index contributed by atoms with van der Waals surface area (Å²) >= 11 is -11.8. The van der Waals surface area contributed by atoms with E-state index in [-0.39, 0.29) is 11.1 Å². The second-order valence-corrected chi connectivity index (χ2v) is 32.0. The number of rotatable bonds is 10. The monoisotopic (exact) mass is 1510 g/mol. The van der Waals surface area contributed by atoms with Gasteiger partial charge in [0.2, 0.25) is 0 Å². The van der Waals surface area contributed by atoms with E-state index in [9.17, 15) is 0 Å². The summed E-state index contributed by atoms with van der Waals surface area (Å²) in [7, 11) is 0. The number of benzene rings is 10. The van der Waals surface area contributed by atoms with Crippen LogP contribution in [-0.2, 0) is 0 Å². The van der Waals surface area contributed by atoms with Crippen molar-refractivity contribution in [3.8, 4) is 0 Å². The first kappa shape index (κ1) is 62.3. The van der Waals surface area contributed by atoms with Crippen molar-refractivity contribution in [2.45, 2.75) is 0 Å². The molecule has 0 amide bonds. The van der Waals surface area contributed by atoms with Crippen LogP contribution in [0.2, 0.25) is 0 Å². The average Bonchev–Trinajstić information content (AvgIpc) is 1.46. The molecule has 0 N–H and O–H groups in total. The number of fused-ring (bicyclic) bond motifs is 2. The van der Waals surface area contributed by atoms with Crippen molar-refractivity contribution in [3.63, 3.8) is 0 Å². The second kappa shape index (κ2) is 23.2. The van der Waals surface area contributed by atoms with E-state index in [4.69, 9.17) is 0 Å². The van der Waals surface area contributed by atoms with Gasteiger partial charge in [0.15, 0.2) is 0 Å². The summed E-state index contributed by atoms with van der Waals surface area (Å²) in [5.41, 5.74) is -13.3. The van der Waals surface area contributed by atoms with Gasteiger partial charge in [-0.25, -0.2) is 0 Å². The Morgan fingerprint density at radius 1 is 0.174 bits per heavy atom. The first-order valence-corrected chi connectivity index (χ1v) is 34.3. The third kappa shape index (κ3) is 8.61. The fourth-order valence-electron chi connectivity index (χ4n) is 13.5. The minimum absolute atomic E-state index is 0.287. The second-order valence-electron chi connectivity index (χ2n) is 21.3. The fraction of sp³-hybridized carbons (Fsp3) is 0. The molecular weight excluding hydrogens is 1470 g/mol. The van der Waals surface area contributed by atoms with Gasteiger partial charge in [0.25, 0.3) is 0 Å². The summed E-state index contributed by atoms with van der Waals surface area (Å²) in [4.78, 5) is 0. The zero-order valence-corrected chi connectivity index (χ0v) is 50.5. The van der Waals surface area contributed by atoms with E-state index in [1.807, 2.05) is 0 Å². The van der Waals surface area contributed by atoms with E-state index in [0.717, 1.165) is 48.5 Å². The van der Waals surface area contributed by atoms with Crippen molar-refractivity contribution >= 4 is 98.7 Å². The molecule has 0 aromatic heterocycles. The first-order chi connectivity index (χ1) is 44.1. The summed E-state index contributed by atoms with van der Waals surface area (Å²) in [6, 6.07) is 36.5. The van der Waals surface area contributed by atoms with Crippen LogP contribution < -0.4 is 21.9 Å². The van der Waals surface area contributed by atoms with Crippen LogP contribution in [0.15, 0.2) is 189 Å². The standard InChI is InChI=1S/C68H30B2F20Te2/c71-43-39(44(72)52(80)59(87)51(43)79)69(40-45(73)53(81)60(88)54(82)46(40)74)37(31-19-7-1-8-20-31)63(33-23-11-3-12-24-33)91-66(36-29-17-6-18-30-36)68-70(41-47(75)55(83)61(89)56(84)48(41)76,42-49(77)57(85)62(90)58(86)50(42)78)38(32-21-9-2-10-22-32)64(34-25-13-4-14-26-34)92(68)65(67(69)91)35-27-15-5-16-28-35/h1-30H. The third-order valence-electron chi connectivity index (χ3n) is 16.9. The van der Waals surface area contributed by atoms with E-state index in [0.29, 0.717) is 0 Å². The van der Waals surface area contributed by atoms with E-state index in [1.54, 1.807) is 0 Å². The van der Waals surface area contributed by atoms with Crippen LogP contribution in [0.25, 0.3) is 25.4 Å². The average molecular weight is 1500 g/mol. The Balaban J connectivity index is 1.49. The van der Waals surface area contributed by atoms with E-state index < -0.39 is 244 Å². The van der Waals surface area contributed by atoms with E-state index >= 15 is 87.8 Å². The molecule has 13 rings (SSSR count). The summed E-state index contributed by atoms with van der Waals surface area (Å²) in [5, 5.41) is 0. The van der Waals surface area contributed by atoms with Crippen molar-refractivity contribution in [2.75, 3.05) is 0 Å². The summed E-state index contributed by atoms with van der Waals surface area (Å²) in [5.74, 6) is -57.5. The Morgan fingerprint density at radius 2 is 0.326 bits per heavy atom. The Kier molecular flexibility index (Phi) is 15.7. The van der Waals surface area contributed by atoms with Crippen LogP contribution in [-0.4, -0.2) is 51.4 Å². The molecule has 3 aliphatic heterocycles. The van der Waals surface area contributed by atoms with Gasteiger partial charge in [-0.05, 0) is 0 Å². The topological polar surface area (TPSA) is 0 Å². The molecule has 0 radical (unpaired) electrons. The van der Waals surface area contributed by atoms with E-state index in [1.165, 1.54) is 133 Å². The molecule has 0 saturated heterocycles. The predicted molar refractivity (Wildman–Crippen MR) is 313 cm³/mol. The molecule has 0 spiro atoms. The molecule has 0 atom stereocenters. The SMILES string of the molecule is Fc1c(F)c(F)c([B-]2(c3c(F)c(F)c(F)c(F)c3F)C(c3ccccc3)=C(c3ccccc3)[Te+]3C(c4ccccc4)=C4[Te+](C(c5ccccc5)=C(c5ccccc5)[B-]4(c4c(F)c(F)c(F)c(F)c4F)c4c(F)c(F)c(F)c(F)c4F)C(c4ccccc4)=C32)c(F)c1F. The molecule has 0 saturated carbocycles. The number of hydrogen-bond acceptors (Lipinski definition) is 0. The fourth-order valence-corrected chi connectivity index (χ4v) is 38.6. The molecule has 10 aromatic carbocycles. The van der Waals surface area contributed by atoms with Crippen LogP contribution in [0.5, 0.6) is 0 Å². The van der Waals surface area contributed by atoms with Gasteiger partial charge >= 0.3 is 525 Å². The normalized spacial score (nSPS) is 15.5. The molecule has 0 fully saturated rings. The molecule has 10 aromatic rings. The molecule has 460 valence electrons. The zero-order valence-electron chi connectivity index (χ0n) is 45.9. The molecule has 0 unspecified atom stereocenters. The van der Waals surface area contributed by atoms with Gasteiger partial charge in [0, 0.05) is 0 Å². The van der Waals surface area contributed by atoms with Crippen LogP contribution >= 0.6 is 0 Å². The van der Waals surface area contributed by atoms with Crippen LogP contribution in [0, 0.1) is 116 Å². The van der Waals surface area contributed by atoms with Gasteiger partial charge in [0.05, 0.1) is 0 Å². The molecule has 0 nitrogen and oxygen atoms in total. The zero-order chi connectivity index (χ0) is 65.3. The molecule has 0 bridgehead atoms. The first-order valence-electron chi connectivity index (χ1n) is 27.3. The molecule has 0 aliphatic carbocycles. The van der Waals surface area contributed by atoms with Gasteiger partial charge in [-0.3, -0.25) is 0 Å². The number of hydrogen-bond donors (Lipinski definition) is 0. The van der Waals surface area contributed by atoms with Gasteiger partial charge in [0.1, 0.15) is 0 Å². The molecular formula is C68H30B2F20Te2. The Bertz CT molecular complexity index is 4350. The maximum atomic E-state index is 18.5. The van der Waals surface area contributed by atoms with Gasteiger partial charge in [-0.2, -0.15) is 0 Å². The van der Waals surface area contributed by atoms with Crippen LogP contribution in [0.1, 0.15) is 33.4 Å². The van der Waals surface area contributed by atoms with Crippen molar-refractivity contribution in [2.24, 2.45) is 0 Å². The molecule has 3 heterocycles. The van der Waals surface area contributed by atoms with Crippen LogP contribution in [0.4, 0.5) is 87.8 Å². The van der Waals surface area contributed by atoms with Crippen molar-refractivity contribution in [1.29, 1.82) is 0 Å². The molecule has 3 aliphatic rings. The van der Waals surface area contributed by atoms with Crippen LogP contribution in [0.3, 0.4) is 0 Å². The maximum absolute atomic E-state index is 18.5. The molecule has 92 heavy (non-hydrogen) atoms. The van der Waals surface area contributed by atoms with Gasteiger partial charge in [-0.15, -0.1) is 0 Å². The Labute approximate surface area is 521 Å². The number of halogens is 20. The third-order valence-corrected chi connectivity index (χ3v) is 34.9.